The molecule has 0 aromatic heterocycles. The lowest BCUT2D eigenvalue weighted by Crippen LogP contribution is -2.48. The van der Waals surface area contributed by atoms with E-state index in [0.29, 0.717) is 54.3 Å². The zero-order valence-corrected chi connectivity index (χ0v) is 17.0. The normalized spacial score (nSPS) is 14.2. The summed E-state index contributed by atoms with van der Waals surface area (Å²) in [6, 6.07) is 10.7. The van der Waals surface area contributed by atoms with Crippen molar-refractivity contribution in [2.24, 2.45) is 0 Å². The van der Waals surface area contributed by atoms with Gasteiger partial charge in [0.25, 0.3) is 5.91 Å². The van der Waals surface area contributed by atoms with Crippen molar-refractivity contribution < 1.29 is 19.4 Å². The van der Waals surface area contributed by atoms with E-state index in [-0.39, 0.29) is 11.7 Å². The van der Waals surface area contributed by atoms with Gasteiger partial charge in [0.2, 0.25) is 0 Å². The minimum Gasteiger partial charge on any atom is -0.508 e. The molecule has 0 unspecified atom stereocenters. The molecule has 0 bridgehead atoms. The average Bonchev–Trinajstić information content (AvgIpc) is 2.69. The van der Waals surface area contributed by atoms with Crippen LogP contribution in [0.15, 0.2) is 40.9 Å². The van der Waals surface area contributed by atoms with Crippen molar-refractivity contribution in [3.63, 3.8) is 0 Å². The molecule has 27 heavy (non-hydrogen) atoms. The quantitative estimate of drug-likeness (QED) is 0.779. The average molecular weight is 435 g/mol. The summed E-state index contributed by atoms with van der Waals surface area (Å²) in [7, 11) is 1.56. The zero-order valence-electron chi connectivity index (χ0n) is 15.4. The Morgan fingerprint density at radius 3 is 2.56 bits per heavy atom. The van der Waals surface area contributed by atoms with Gasteiger partial charge in [-0.3, -0.25) is 4.79 Å². The van der Waals surface area contributed by atoms with Gasteiger partial charge in [0.1, 0.15) is 5.75 Å². The first-order valence-corrected chi connectivity index (χ1v) is 9.66. The van der Waals surface area contributed by atoms with E-state index in [4.69, 9.17) is 9.47 Å². The van der Waals surface area contributed by atoms with Gasteiger partial charge in [-0.15, -0.1) is 0 Å². The SMILES string of the molecule is CCOc1c(Br)cc(C(=O)N2CCN(c3cccc(O)c3)CC2)cc1OC. The molecule has 1 fully saturated rings. The maximum atomic E-state index is 12.9. The number of piperazine rings is 1. The summed E-state index contributed by atoms with van der Waals surface area (Å²) in [5.74, 6) is 1.35. The van der Waals surface area contributed by atoms with E-state index in [2.05, 4.69) is 20.8 Å². The molecule has 6 nitrogen and oxygen atoms in total. The number of carbonyl (C=O) groups is 1. The largest absolute Gasteiger partial charge is 0.508 e. The number of rotatable bonds is 5. The molecule has 2 aromatic rings. The van der Waals surface area contributed by atoms with Gasteiger partial charge in [-0.1, -0.05) is 6.07 Å². The first kappa shape index (κ1) is 19.4. The number of halogens is 1. The summed E-state index contributed by atoms with van der Waals surface area (Å²) in [5.41, 5.74) is 1.53. The number of aromatic hydroxyl groups is 1. The van der Waals surface area contributed by atoms with Gasteiger partial charge in [-0.05, 0) is 47.1 Å². The predicted molar refractivity (Wildman–Crippen MR) is 108 cm³/mol. The van der Waals surface area contributed by atoms with Crippen LogP contribution in [0, 0.1) is 0 Å². The molecule has 1 aliphatic heterocycles. The lowest BCUT2D eigenvalue weighted by atomic mass is 10.1. The van der Waals surface area contributed by atoms with E-state index in [1.54, 1.807) is 31.4 Å². The van der Waals surface area contributed by atoms with Crippen LogP contribution in [0.4, 0.5) is 5.69 Å². The Bertz CT molecular complexity index is 820. The molecule has 1 N–H and O–H groups in total. The monoisotopic (exact) mass is 434 g/mol. The molecule has 1 heterocycles. The van der Waals surface area contributed by atoms with Crippen LogP contribution in [0.5, 0.6) is 17.2 Å². The number of hydrogen-bond donors (Lipinski definition) is 1. The van der Waals surface area contributed by atoms with Gasteiger partial charge in [0.05, 0.1) is 18.2 Å². The zero-order chi connectivity index (χ0) is 19.4. The Morgan fingerprint density at radius 1 is 1.19 bits per heavy atom. The van der Waals surface area contributed by atoms with Crippen molar-refractivity contribution in [3.8, 4) is 17.2 Å². The van der Waals surface area contributed by atoms with E-state index < -0.39 is 0 Å². The molecule has 0 radical (unpaired) electrons. The fraction of sp³-hybridized carbons (Fsp3) is 0.350. The molecule has 1 aliphatic rings. The highest BCUT2D eigenvalue weighted by molar-refractivity contribution is 9.10. The third-order valence-corrected chi connectivity index (χ3v) is 5.12. The predicted octanol–water partition coefficient (Wildman–Crippen LogP) is 3.52. The molecule has 0 spiro atoms. The van der Waals surface area contributed by atoms with Gasteiger partial charge in [-0.2, -0.15) is 0 Å². The van der Waals surface area contributed by atoms with Crippen LogP contribution in [-0.2, 0) is 0 Å². The second-order valence-electron chi connectivity index (χ2n) is 6.22. The highest BCUT2D eigenvalue weighted by atomic mass is 79.9. The molecule has 144 valence electrons. The van der Waals surface area contributed by atoms with Gasteiger partial charge in [0, 0.05) is 43.5 Å². The van der Waals surface area contributed by atoms with Gasteiger partial charge >= 0.3 is 0 Å². The highest BCUT2D eigenvalue weighted by Crippen LogP contribution is 2.37. The number of phenolic OH excluding ortho intramolecular Hbond substituents is 1. The minimum atomic E-state index is -0.0346. The number of phenols is 1. The van der Waals surface area contributed by atoms with Crippen LogP contribution >= 0.6 is 15.9 Å². The number of nitrogens with zero attached hydrogens (tertiary/aromatic N) is 2. The lowest BCUT2D eigenvalue weighted by Gasteiger charge is -2.36. The molecule has 0 aliphatic carbocycles. The third kappa shape index (κ3) is 4.30. The van der Waals surface area contributed by atoms with Crippen LogP contribution in [0.2, 0.25) is 0 Å². The van der Waals surface area contributed by atoms with Gasteiger partial charge in [-0.25, -0.2) is 0 Å². The van der Waals surface area contributed by atoms with Crippen LogP contribution in [0.1, 0.15) is 17.3 Å². The first-order valence-electron chi connectivity index (χ1n) is 8.87. The van der Waals surface area contributed by atoms with Crippen LogP contribution < -0.4 is 14.4 Å². The van der Waals surface area contributed by atoms with Gasteiger partial charge in [0.15, 0.2) is 11.5 Å². The molecule has 0 saturated carbocycles. The van der Waals surface area contributed by atoms with E-state index in [1.165, 1.54) is 0 Å². The highest BCUT2D eigenvalue weighted by Gasteiger charge is 2.24. The number of hydrogen-bond acceptors (Lipinski definition) is 5. The third-order valence-electron chi connectivity index (χ3n) is 4.53. The number of benzene rings is 2. The Kier molecular flexibility index (Phi) is 6.11. The summed E-state index contributed by atoms with van der Waals surface area (Å²) in [6.45, 7) is 5.06. The molecule has 1 amide bonds. The molecule has 7 heteroatoms. The van der Waals surface area contributed by atoms with E-state index in [9.17, 15) is 9.90 Å². The van der Waals surface area contributed by atoms with Crippen LogP contribution in [0.25, 0.3) is 0 Å². The smallest absolute Gasteiger partial charge is 0.254 e. The maximum absolute atomic E-state index is 12.9. The van der Waals surface area contributed by atoms with Gasteiger partial charge < -0.3 is 24.4 Å². The van der Waals surface area contributed by atoms with Crippen molar-refractivity contribution in [1.82, 2.24) is 4.90 Å². The van der Waals surface area contributed by atoms with Crippen molar-refractivity contribution in [2.45, 2.75) is 6.92 Å². The second-order valence-corrected chi connectivity index (χ2v) is 7.08. The molecule has 3 rings (SSSR count). The van der Waals surface area contributed by atoms with Crippen LogP contribution in [0.3, 0.4) is 0 Å². The van der Waals surface area contributed by atoms with E-state index in [1.807, 2.05) is 24.0 Å². The summed E-state index contributed by atoms with van der Waals surface area (Å²) in [6.07, 6.45) is 0. The summed E-state index contributed by atoms with van der Waals surface area (Å²) in [5, 5.41) is 9.65. The maximum Gasteiger partial charge on any atom is 0.254 e. The molecule has 2 aromatic carbocycles. The van der Waals surface area contributed by atoms with Crippen molar-refractivity contribution in [3.05, 3.63) is 46.4 Å². The molecular formula is C20H23BrN2O4. The van der Waals surface area contributed by atoms with Crippen molar-refractivity contribution in [1.29, 1.82) is 0 Å². The Morgan fingerprint density at radius 2 is 1.93 bits per heavy atom. The number of methoxy groups -OCH3 is 1. The number of amides is 1. The second kappa shape index (κ2) is 8.52. The van der Waals surface area contributed by atoms with E-state index >= 15 is 0 Å². The van der Waals surface area contributed by atoms with Crippen LogP contribution in [-0.4, -0.2) is 55.8 Å². The Balaban J connectivity index is 1.71. The van der Waals surface area contributed by atoms with Crippen molar-refractivity contribution >= 4 is 27.5 Å². The minimum absolute atomic E-state index is 0.0346. The lowest BCUT2D eigenvalue weighted by molar-refractivity contribution is 0.0746. The standard InChI is InChI=1S/C20H23BrN2O4/c1-3-27-19-17(21)11-14(12-18(19)26-2)20(25)23-9-7-22(8-10-23)15-5-4-6-16(24)13-15/h4-6,11-13,24H,3,7-10H2,1-2H3. The topological polar surface area (TPSA) is 62.2 Å². The number of ether oxygens (including phenoxy) is 2. The molecule has 0 atom stereocenters. The Hall–Kier alpha value is -2.41. The first-order chi connectivity index (χ1) is 13.0. The molecule has 1 saturated heterocycles. The summed E-state index contributed by atoms with van der Waals surface area (Å²) < 4.78 is 11.7. The molecular weight excluding hydrogens is 412 g/mol. The van der Waals surface area contributed by atoms with E-state index in [0.717, 1.165) is 5.69 Å². The number of anilines is 1. The number of carbonyl (C=O) groups excluding carboxylic acids is 1. The fourth-order valence-electron chi connectivity index (χ4n) is 3.17. The fourth-order valence-corrected chi connectivity index (χ4v) is 3.72. The Labute approximate surface area is 167 Å². The summed E-state index contributed by atoms with van der Waals surface area (Å²) in [4.78, 5) is 16.9. The van der Waals surface area contributed by atoms with Crippen molar-refractivity contribution in [2.75, 3.05) is 44.8 Å². The summed E-state index contributed by atoms with van der Waals surface area (Å²) >= 11 is 3.47.